The second-order valence-electron chi connectivity index (χ2n) is 7.17. The largest absolute Gasteiger partial charge is 0.495 e. The van der Waals surface area contributed by atoms with Crippen molar-refractivity contribution in [1.29, 1.82) is 0 Å². The monoisotopic (exact) mass is 460 g/mol. The van der Waals surface area contributed by atoms with Gasteiger partial charge in [-0.05, 0) is 41.5 Å². The second-order valence-corrected chi connectivity index (χ2v) is 9.07. The van der Waals surface area contributed by atoms with E-state index >= 15 is 0 Å². The Bertz CT molecular complexity index is 1130. The van der Waals surface area contributed by atoms with Gasteiger partial charge in [-0.25, -0.2) is 8.42 Å². The number of nitrogens with zero attached hydrogens (tertiary/aromatic N) is 1. The summed E-state index contributed by atoms with van der Waals surface area (Å²) in [5, 5.41) is 2.79. The first-order valence-electron chi connectivity index (χ1n) is 10.1. The van der Waals surface area contributed by atoms with Crippen LogP contribution in [0.3, 0.4) is 0 Å². The van der Waals surface area contributed by atoms with Gasteiger partial charge in [-0.15, -0.1) is 0 Å². The van der Waals surface area contributed by atoms with Crippen LogP contribution in [0.5, 0.6) is 17.2 Å². The summed E-state index contributed by atoms with van der Waals surface area (Å²) in [5.41, 5.74) is 1.44. The van der Waals surface area contributed by atoms with Gasteiger partial charge in [0.05, 0.1) is 20.3 Å². The van der Waals surface area contributed by atoms with Crippen molar-refractivity contribution in [1.82, 2.24) is 9.62 Å². The van der Waals surface area contributed by atoms with Gasteiger partial charge in [-0.2, -0.15) is 4.31 Å². The molecule has 0 atom stereocenters. The molecule has 0 unspecified atom stereocenters. The number of methoxy groups -OCH3 is 1. The molecule has 170 valence electrons. The van der Waals surface area contributed by atoms with E-state index in [1.54, 1.807) is 24.3 Å². The Labute approximate surface area is 186 Å². The highest BCUT2D eigenvalue weighted by Gasteiger charge is 2.29. The number of benzene rings is 2. The summed E-state index contributed by atoms with van der Waals surface area (Å²) in [6.07, 6.45) is 2.92. The molecule has 4 rings (SSSR count). The van der Waals surface area contributed by atoms with E-state index in [1.165, 1.54) is 23.6 Å². The van der Waals surface area contributed by atoms with Gasteiger partial charge in [-0.3, -0.25) is 4.79 Å². The number of hydrogen-bond acceptors (Lipinski definition) is 7. The van der Waals surface area contributed by atoms with Crippen LogP contribution >= 0.6 is 0 Å². The Balaban J connectivity index is 1.44. The number of amides is 1. The van der Waals surface area contributed by atoms with Crippen molar-refractivity contribution < 1.29 is 32.2 Å². The summed E-state index contributed by atoms with van der Waals surface area (Å²) in [5.74, 6) is 1.28. The molecule has 2 aromatic rings. The summed E-state index contributed by atoms with van der Waals surface area (Å²) < 4.78 is 48.6. The molecule has 2 aliphatic heterocycles. The molecule has 2 heterocycles. The normalized spacial score (nSPS) is 16.3. The average molecular weight is 461 g/mol. The Morgan fingerprint density at radius 3 is 2.69 bits per heavy atom. The molecule has 0 aliphatic carbocycles. The minimum Gasteiger partial charge on any atom is -0.495 e. The number of nitrogens with one attached hydrogen (secondary N) is 1. The van der Waals surface area contributed by atoms with Crippen molar-refractivity contribution in [2.75, 3.05) is 40.2 Å². The third kappa shape index (κ3) is 4.87. The van der Waals surface area contributed by atoms with Gasteiger partial charge in [0, 0.05) is 25.7 Å². The first-order valence-corrected chi connectivity index (χ1v) is 11.5. The minimum atomic E-state index is -3.75. The highest BCUT2D eigenvalue weighted by molar-refractivity contribution is 7.89. The predicted molar refractivity (Wildman–Crippen MR) is 116 cm³/mol. The van der Waals surface area contributed by atoms with Crippen molar-refractivity contribution in [3.63, 3.8) is 0 Å². The van der Waals surface area contributed by atoms with Crippen LogP contribution in [0.1, 0.15) is 11.1 Å². The fourth-order valence-electron chi connectivity index (χ4n) is 3.40. The number of carbonyl (C=O) groups is 1. The van der Waals surface area contributed by atoms with Crippen LogP contribution in [0, 0.1) is 0 Å². The highest BCUT2D eigenvalue weighted by Crippen LogP contribution is 2.32. The van der Waals surface area contributed by atoms with E-state index in [4.69, 9.17) is 18.9 Å². The van der Waals surface area contributed by atoms with Gasteiger partial charge in [0.1, 0.15) is 10.6 Å². The number of fused-ring (bicyclic) bond motifs is 1. The topological polar surface area (TPSA) is 103 Å². The lowest BCUT2D eigenvalue weighted by Gasteiger charge is -2.26. The van der Waals surface area contributed by atoms with Crippen LogP contribution in [0.2, 0.25) is 0 Å². The Hall–Kier alpha value is -3.08. The van der Waals surface area contributed by atoms with Crippen LogP contribution in [0.4, 0.5) is 0 Å². The van der Waals surface area contributed by atoms with Crippen LogP contribution in [-0.2, 0) is 26.1 Å². The van der Waals surface area contributed by atoms with Crippen LogP contribution in [0.15, 0.2) is 47.4 Å². The van der Waals surface area contributed by atoms with Crippen molar-refractivity contribution >= 4 is 22.0 Å². The highest BCUT2D eigenvalue weighted by atomic mass is 32.2. The molecule has 0 bridgehead atoms. The van der Waals surface area contributed by atoms with Gasteiger partial charge in [-0.1, -0.05) is 12.1 Å². The molecule has 2 aromatic carbocycles. The quantitative estimate of drug-likeness (QED) is 0.628. The molecular weight excluding hydrogens is 436 g/mol. The molecule has 1 saturated heterocycles. The van der Waals surface area contributed by atoms with Crippen LogP contribution in [-0.4, -0.2) is 58.8 Å². The SMILES string of the molecule is COc1ccc(/C=C/C(=O)NCc2ccc3c(c2)OCO3)cc1S(=O)(=O)N1CCOCC1. The maximum atomic E-state index is 13.1. The predicted octanol–water partition coefficient (Wildman–Crippen LogP) is 1.77. The molecule has 0 spiro atoms. The van der Waals surface area contributed by atoms with E-state index in [-0.39, 0.29) is 36.4 Å². The molecule has 2 aliphatic rings. The lowest BCUT2D eigenvalue weighted by Crippen LogP contribution is -2.40. The van der Waals surface area contributed by atoms with Gasteiger partial charge in [0.15, 0.2) is 11.5 Å². The Morgan fingerprint density at radius 2 is 1.91 bits per heavy atom. The zero-order valence-electron chi connectivity index (χ0n) is 17.6. The van der Waals surface area contributed by atoms with Crippen LogP contribution < -0.4 is 19.5 Å². The van der Waals surface area contributed by atoms with Crippen LogP contribution in [0.25, 0.3) is 6.08 Å². The van der Waals surface area contributed by atoms with E-state index in [2.05, 4.69) is 5.32 Å². The van der Waals surface area contributed by atoms with E-state index in [1.807, 2.05) is 12.1 Å². The zero-order chi connectivity index (χ0) is 22.6. The molecule has 0 saturated carbocycles. The van der Waals surface area contributed by atoms with Gasteiger partial charge < -0.3 is 24.3 Å². The third-order valence-electron chi connectivity index (χ3n) is 5.11. The number of carbonyl (C=O) groups excluding carboxylic acids is 1. The number of morpholine rings is 1. The number of sulfonamides is 1. The van der Waals surface area contributed by atoms with E-state index < -0.39 is 10.0 Å². The van der Waals surface area contributed by atoms with Crippen molar-refractivity contribution in [2.45, 2.75) is 11.4 Å². The lowest BCUT2D eigenvalue weighted by molar-refractivity contribution is -0.116. The Morgan fingerprint density at radius 1 is 1.12 bits per heavy atom. The molecular formula is C22H24N2O7S. The maximum Gasteiger partial charge on any atom is 0.246 e. The van der Waals surface area contributed by atoms with Crippen molar-refractivity contribution in [3.8, 4) is 17.2 Å². The molecule has 10 heteroatoms. The Kier molecular flexibility index (Phi) is 6.63. The molecule has 1 fully saturated rings. The van der Waals surface area contributed by atoms with Crippen molar-refractivity contribution in [3.05, 3.63) is 53.6 Å². The van der Waals surface area contributed by atoms with Gasteiger partial charge in [0.2, 0.25) is 22.7 Å². The van der Waals surface area contributed by atoms with Gasteiger partial charge in [0.25, 0.3) is 0 Å². The van der Waals surface area contributed by atoms with E-state index in [0.717, 1.165) is 5.56 Å². The fraction of sp³-hybridized carbons (Fsp3) is 0.318. The summed E-state index contributed by atoms with van der Waals surface area (Å²) in [4.78, 5) is 12.3. The van der Waals surface area contributed by atoms with E-state index in [0.29, 0.717) is 36.8 Å². The molecule has 9 nitrogen and oxygen atoms in total. The van der Waals surface area contributed by atoms with Gasteiger partial charge >= 0.3 is 0 Å². The summed E-state index contributed by atoms with van der Waals surface area (Å²) in [7, 11) is -2.32. The molecule has 0 aromatic heterocycles. The van der Waals surface area contributed by atoms with E-state index in [9.17, 15) is 13.2 Å². The number of hydrogen-bond donors (Lipinski definition) is 1. The summed E-state index contributed by atoms with van der Waals surface area (Å²) in [6, 6.07) is 10.2. The third-order valence-corrected chi connectivity index (χ3v) is 7.03. The standard InChI is InChI=1S/C22H24N2O7S/c1-28-19-6-2-16(13-21(19)32(26,27)24-8-10-29-11-9-24)4-7-22(25)23-14-17-3-5-18-20(12-17)31-15-30-18/h2-7,12-13H,8-11,14-15H2,1H3,(H,23,25)/b7-4+. The molecule has 32 heavy (non-hydrogen) atoms. The fourth-order valence-corrected chi connectivity index (χ4v) is 4.99. The summed E-state index contributed by atoms with van der Waals surface area (Å²) in [6.45, 7) is 1.79. The number of rotatable bonds is 7. The lowest BCUT2D eigenvalue weighted by atomic mass is 10.2. The first kappa shape index (κ1) is 22.1. The smallest absolute Gasteiger partial charge is 0.246 e. The van der Waals surface area contributed by atoms with Crippen molar-refractivity contribution in [2.24, 2.45) is 0 Å². The molecule has 1 amide bonds. The maximum absolute atomic E-state index is 13.1. The first-order chi connectivity index (χ1) is 15.5. The number of ether oxygens (including phenoxy) is 4. The molecule has 1 N–H and O–H groups in total. The average Bonchev–Trinajstić information content (AvgIpc) is 3.29. The molecule has 0 radical (unpaired) electrons. The summed E-state index contributed by atoms with van der Waals surface area (Å²) >= 11 is 0. The second kappa shape index (κ2) is 9.60. The zero-order valence-corrected chi connectivity index (χ0v) is 18.4. The minimum absolute atomic E-state index is 0.0600.